The Morgan fingerprint density at radius 1 is 0.923 bits per heavy atom. The summed E-state index contributed by atoms with van der Waals surface area (Å²) >= 11 is 0. The highest BCUT2D eigenvalue weighted by atomic mass is 19.1. The standard InChI is InChI=1S/C18H17FN6O/c19-14-5-3-4-13(10-14)18(26)22-9-8-21-16-11-17(24-12-23-16)25-15-6-1-2-7-20-15/h1-7,10-12H,8-9H2,(H,22,26)(H2,20,21,23,24,25). The van der Waals surface area contributed by atoms with E-state index in [9.17, 15) is 9.18 Å². The number of nitrogens with one attached hydrogen (secondary N) is 3. The number of nitrogens with zero attached hydrogens (tertiary/aromatic N) is 3. The van der Waals surface area contributed by atoms with Crippen molar-refractivity contribution in [2.24, 2.45) is 0 Å². The quantitative estimate of drug-likeness (QED) is 0.566. The second kappa shape index (κ2) is 8.52. The van der Waals surface area contributed by atoms with Gasteiger partial charge in [0.25, 0.3) is 5.91 Å². The molecule has 3 aromatic rings. The van der Waals surface area contributed by atoms with E-state index in [1.807, 2.05) is 18.2 Å². The number of anilines is 3. The van der Waals surface area contributed by atoms with Crippen LogP contribution in [0.4, 0.5) is 21.8 Å². The number of halogens is 1. The monoisotopic (exact) mass is 352 g/mol. The Hall–Kier alpha value is -3.55. The summed E-state index contributed by atoms with van der Waals surface area (Å²) in [4.78, 5) is 24.3. The molecule has 0 unspecified atom stereocenters. The first-order chi connectivity index (χ1) is 12.7. The second-order valence-corrected chi connectivity index (χ2v) is 5.32. The largest absolute Gasteiger partial charge is 0.368 e. The van der Waals surface area contributed by atoms with E-state index in [1.54, 1.807) is 18.3 Å². The van der Waals surface area contributed by atoms with Gasteiger partial charge in [0.2, 0.25) is 0 Å². The molecule has 0 saturated heterocycles. The minimum Gasteiger partial charge on any atom is -0.368 e. The van der Waals surface area contributed by atoms with Crippen molar-refractivity contribution < 1.29 is 9.18 Å². The SMILES string of the molecule is O=C(NCCNc1cc(Nc2ccccn2)ncn1)c1cccc(F)c1. The molecule has 26 heavy (non-hydrogen) atoms. The van der Waals surface area contributed by atoms with Crippen molar-refractivity contribution in [3.8, 4) is 0 Å². The van der Waals surface area contributed by atoms with E-state index in [1.165, 1.54) is 24.5 Å². The highest BCUT2D eigenvalue weighted by Crippen LogP contribution is 2.13. The topological polar surface area (TPSA) is 91.8 Å². The fraction of sp³-hybridized carbons (Fsp3) is 0.111. The van der Waals surface area contributed by atoms with Gasteiger partial charge in [-0.05, 0) is 30.3 Å². The van der Waals surface area contributed by atoms with Gasteiger partial charge in [0, 0.05) is 30.9 Å². The molecule has 1 aromatic carbocycles. The van der Waals surface area contributed by atoms with Crippen LogP contribution in [0.5, 0.6) is 0 Å². The number of hydrogen-bond acceptors (Lipinski definition) is 6. The number of benzene rings is 1. The van der Waals surface area contributed by atoms with Crippen LogP contribution in [-0.4, -0.2) is 33.9 Å². The lowest BCUT2D eigenvalue weighted by Gasteiger charge is -2.09. The third kappa shape index (κ3) is 4.97. The molecule has 2 aromatic heterocycles. The number of hydrogen-bond donors (Lipinski definition) is 3. The highest BCUT2D eigenvalue weighted by molar-refractivity contribution is 5.94. The van der Waals surface area contributed by atoms with Crippen LogP contribution in [-0.2, 0) is 0 Å². The van der Waals surface area contributed by atoms with Gasteiger partial charge in [0.05, 0.1) is 0 Å². The van der Waals surface area contributed by atoms with Crippen LogP contribution in [0.25, 0.3) is 0 Å². The van der Waals surface area contributed by atoms with E-state index >= 15 is 0 Å². The summed E-state index contributed by atoms with van der Waals surface area (Å²) in [6, 6.07) is 12.8. The van der Waals surface area contributed by atoms with Gasteiger partial charge in [0.1, 0.15) is 29.6 Å². The highest BCUT2D eigenvalue weighted by Gasteiger charge is 2.05. The summed E-state index contributed by atoms with van der Waals surface area (Å²) in [6.07, 6.45) is 3.11. The van der Waals surface area contributed by atoms with E-state index in [2.05, 4.69) is 30.9 Å². The van der Waals surface area contributed by atoms with Gasteiger partial charge in [-0.3, -0.25) is 4.79 Å². The average Bonchev–Trinajstić information content (AvgIpc) is 2.66. The molecule has 0 spiro atoms. The van der Waals surface area contributed by atoms with Crippen LogP contribution < -0.4 is 16.0 Å². The number of pyridine rings is 1. The van der Waals surface area contributed by atoms with Crippen molar-refractivity contribution in [2.45, 2.75) is 0 Å². The van der Waals surface area contributed by atoms with Crippen molar-refractivity contribution in [1.82, 2.24) is 20.3 Å². The molecule has 0 aliphatic heterocycles. The van der Waals surface area contributed by atoms with Gasteiger partial charge >= 0.3 is 0 Å². The van der Waals surface area contributed by atoms with Crippen LogP contribution in [0.15, 0.2) is 61.1 Å². The van der Waals surface area contributed by atoms with E-state index in [0.29, 0.717) is 30.5 Å². The zero-order valence-electron chi connectivity index (χ0n) is 13.8. The van der Waals surface area contributed by atoms with Crippen molar-refractivity contribution in [3.05, 3.63) is 72.4 Å². The molecule has 1 amide bonds. The molecule has 2 heterocycles. The molecule has 0 fully saturated rings. The lowest BCUT2D eigenvalue weighted by Crippen LogP contribution is -2.28. The van der Waals surface area contributed by atoms with Gasteiger partial charge in [-0.1, -0.05) is 12.1 Å². The third-order valence-electron chi connectivity index (χ3n) is 3.39. The summed E-state index contributed by atoms with van der Waals surface area (Å²) in [6.45, 7) is 0.823. The molecule has 0 aliphatic rings. The van der Waals surface area contributed by atoms with E-state index in [0.717, 1.165) is 0 Å². The molecular formula is C18H17FN6O. The lowest BCUT2D eigenvalue weighted by molar-refractivity contribution is 0.0954. The summed E-state index contributed by atoms with van der Waals surface area (Å²) in [5, 5.41) is 8.87. The zero-order valence-corrected chi connectivity index (χ0v) is 13.8. The van der Waals surface area contributed by atoms with E-state index < -0.39 is 5.82 Å². The third-order valence-corrected chi connectivity index (χ3v) is 3.39. The number of carbonyl (C=O) groups is 1. The minimum atomic E-state index is -0.440. The van der Waals surface area contributed by atoms with Crippen LogP contribution in [0.1, 0.15) is 10.4 Å². The van der Waals surface area contributed by atoms with Crippen LogP contribution >= 0.6 is 0 Å². The first-order valence-corrected chi connectivity index (χ1v) is 7.98. The van der Waals surface area contributed by atoms with Crippen LogP contribution in [0, 0.1) is 5.82 Å². The zero-order chi connectivity index (χ0) is 18.2. The number of rotatable bonds is 7. The Morgan fingerprint density at radius 2 is 1.81 bits per heavy atom. The summed E-state index contributed by atoms with van der Waals surface area (Å²) in [5.74, 6) is 1.12. The maximum atomic E-state index is 13.1. The summed E-state index contributed by atoms with van der Waals surface area (Å²) in [7, 11) is 0. The van der Waals surface area contributed by atoms with Crippen molar-refractivity contribution in [2.75, 3.05) is 23.7 Å². The van der Waals surface area contributed by atoms with Gasteiger partial charge < -0.3 is 16.0 Å². The smallest absolute Gasteiger partial charge is 0.251 e. The van der Waals surface area contributed by atoms with Crippen LogP contribution in [0.2, 0.25) is 0 Å². The Labute approximate surface area is 149 Å². The van der Waals surface area contributed by atoms with Crippen molar-refractivity contribution >= 4 is 23.4 Å². The Balaban J connectivity index is 1.48. The molecule has 0 saturated carbocycles. The molecule has 0 aliphatic carbocycles. The molecule has 0 radical (unpaired) electrons. The molecule has 132 valence electrons. The van der Waals surface area contributed by atoms with Gasteiger partial charge in [-0.25, -0.2) is 19.3 Å². The predicted molar refractivity (Wildman–Crippen MR) is 96.8 cm³/mol. The van der Waals surface area contributed by atoms with Crippen molar-refractivity contribution in [3.63, 3.8) is 0 Å². The molecule has 8 heteroatoms. The molecule has 0 bridgehead atoms. The second-order valence-electron chi connectivity index (χ2n) is 5.32. The first kappa shape index (κ1) is 17.3. The maximum absolute atomic E-state index is 13.1. The summed E-state index contributed by atoms with van der Waals surface area (Å²) < 4.78 is 13.1. The average molecular weight is 352 g/mol. The van der Waals surface area contributed by atoms with Gasteiger partial charge in [-0.2, -0.15) is 0 Å². The van der Waals surface area contributed by atoms with Gasteiger partial charge in [-0.15, -0.1) is 0 Å². The molecule has 0 atom stereocenters. The minimum absolute atomic E-state index is 0.286. The molecule has 3 N–H and O–H groups in total. The van der Waals surface area contributed by atoms with Crippen LogP contribution in [0.3, 0.4) is 0 Å². The summed E-state index contributed by atoms with van der Waals surface area (Å²) in [5.41, 5.74) is 0.286. The first-order valence-electron chi connectivity index (χ1n) is 7.98. The Kier molecular flexibility index (Phi) is 5.66. The number of amides is 1. The maximum Gasteiger partial charge on any atom is 0.251 e. The fourth-order valence-corrected chi connectivity index (χ4v) is 2.19. The Bertz CT molecular complexity index is 874. The number of carbonyl (C=O) groups excluding carboxylic acids is 1. The number of aromatic nitrogens is 3. The van der Waals surface area contributed by atoms with E-state index in [4.69, 9.17) is 0 Å². The normalized spacial score (nSPS) is 10.2. The van der Waals surface area contributed by atoms with E-state index in [-0.39, 0.29) is 11.5 Å². The molecule has 3 rings (SSSR count). The van der Waals surface area contributed by atoms with Crippen molar-refractivity contribution in [1.29, 1.82) is 0 Å². The Morgan fingerprint density at radius 3 is 2.62 bits per heavy atom. The fourth-order valence-electron chi connectivity index (χ4n) is 2.19. The molecular weight excluding hydrogens is 335 g/mol. The molecule has 7 nitrogen and oxygen atoms in total. The predicted octanol–water partition coefficient (Wildman–Crippen LogP) is 2.60. The van der Waals surface area contributed by atoms with Gasteiger partial charge in [0.15, 0.2) is 0 Å². The lowest BCUT2D eigenvalue weighted by atomic mass is 10.2.